The highest BCUT2D eigenvalue weighted by molar-refractivity contribution is 5.96. The van der Waals surface area contributed by atoms with E-state index in [9.17, 15) is 33.9 Å². The van der Waals surface area contributed by atoms with Crippen LogP contribution in [0.25, 0.3) is 0 Å². The molecule has 4 atom stereocenters. The van der Waals surface area contributed by atoms with Crippen molar-refractivity contribution in [3.8, 4) is 0 Å². The highest BCUT2D eigenvalue weighted by Gasteiger charge is 2.39. The van der Waals surface area contributed by atoms with Crippen molar-refractivity contribution in [2.45, 2.75) is 70.1 Å². The first-order chi connectivity index (χ1) is 14.8. The second-order valence-corrected chi connectivity index (χ2v) is 8.10. The van der Waals surface area contributed by atoms with E-state index in [0.717, 1.165) is 0 Å². The van der Waals surface area contributed by atoms with Gasteiger partial charge in [0.25, 0.3) is 0 Å². The average molecular weight is 457 g/mol. The van der Waals surface area contributed by atoms with Crippen LogP contribution >= 0.6 is 0 Å². The Labute approximate surface area is 185 Å². The first kappa shape index (κ1) is 26.8. The second-order valence-electron chi connectivity index (χ2n) is 8.10. The lowest BCUT2D eigenvalue weighted by atomic mass is 10.0. The molecule has 1 rings (SSSR count). The van der Waals surface area contributed by atoms with Gasteiger partial charge >= 0.3 is 5.97 Å². The lowest BCUT2D eigenvalue weighted by Gasteiger charge is -2.30. The highest BCUT2D eigenvalue weighted by Crippen LogP contribution is 2.20. The molecule has 1 saturated heterocycles. The van der Waals surface area contributed by atoms with E-state index in [0.29, 0.717) is 12.8 Å². The Morgan fingerprint density at radius 2 is 1.66 bits per heavy atom. The number of rotatable bonds is 12. The maximum Gasteiger partial charge on any atom is 0.326 e. The van der Waals surface area contributed by atoms with Gasteiger partial charge in [0.2, 0.25) is 29.5 Å². The number of hydrogen-bond donors (Lipinski definition) is 6. The van der Waals surface area contributed by atoms with Gasteiger partial charge in [-0.05, 0) is 25.2 Å². The third-order valence-electron chi connectivity index (χ3n) is 5.13. The smallest absolute Gasteiger partial charge is 0.326 e. The minimum Gasteiger partial charge on any atom is -0.480 e. The summed E-state index contributed by atoms with van der Waals surface area (Å²) in [6, 6.07) is -4.64. The average Bonchev–Trinajstić information content (AvgIpc) is 3.18. The van der Waals surface area contributed by atoms with Gasteiger partial charge in [-0.3, -0.25) is 24.0 Å². The number of carbonyl (C=O) groups excluding carboxylic acids is 5. The van der Waals surface area contributed by atoms with Gasteiger partial charge in [0, 0.05) is 13.0 Å². The minimum atomic E-state index is -1.41. The van der Waals surface area contributed by atoms with Crippen LogP contribution in [0.3, 0.4) is 0 Å². The monoisotopic (exact) mass is 456 g/mol. The Balaban J connectivity index is 2.94. The minimum absolute atomic E-state index is 0.0648. The first-order valence-corrected chi connectivity index (χ1v) is 10.3. The van der Waals surface area contributed by atoms with Crippen LogP contribution in [-0.2, 0) is 28.8 Å². The number of carboxylic acids is 1. The molecule has 1 aliphatic rings. The zero-order valence-corrected chi connectivity index (χ0v) is 18.2. The van der Waals surface area contributed by atoms with Gasteiger partial charge in [-0.2, -0.15) is 0 Å². The summed E-state index contributed by atoms with van der Waals surface area (Å²) in [4.78, 5) is 73.0. The molecule has 1 heterocycles. The maximum atomic E-state index is 13.0. The molecule has 4 unspecified atom stereocenters. The van der Waals surface area contributed by atoms with Crippen LogP contribution < -0.4 is 27.8 Å². The van der Waals surface area contributed by atoms with E-state index < -0.39 is 72.0 Å². The molecule has 0 aromatic heterocycles. The first-order valence-electron chi connectivity index (χ1n) is 10.3. The van der Waals surface area contributed by atoms with Crippen molar-refractivity contribution in [1.82, 2.24) is 15.5 Å². The number of primary amides is 2. The fourth-order valence-corrected chi connectivity index (χ4v) is 3.35. The van der Waals surface area contributed by atoms with E-state index >= 15 is 0 Å². The van der Waals surface area contributed by atoms with E-state index in [1.165, 1.54) is 4.90 Å². The molecule has 5 amide bonds. The summed E-state index contributed by atoms with van der Waals surface area (Å²) in [5, 5.41) is 14.1. The van der Waals surface area contributed by atoms with Gasteiger partial charge in [0.15, 0.2) is 0 Å². The molecular formula is C19H32N6O7. The summed E-state index contributed by atoms with van der Waals surface area (Å²) >= 11 is 0. The number of nitrogens with zero attached hydrogens (tertiary/aromatic N) is 1. The molecule has 180 valence electrons. The molecule has 1 fully saturated rings. The molecule has 1 aliphatic heterocycles. The van der Waals surface area contributed by atoms with Gasteiger partial charge in [-0.15, -0.1) is 0 Å². The Kier molecular flexibility index (Phi) is 10.0. The third-order valence-corrected chi connectivity index (χ3v) is 5.13. The van der Waals surface area contributed by atoms with Crippen LogP contribution in [0.5, 0.6) is 0 Å². The predicted octanol–water partition coefficient (Wildman–Crippen LogP) is -2.84. The van der Waals surface area contributed by atoms with Crippen LogP contribution in [0.2, 0.25) is 0 Å². The summed E-state index contributed by atoms with van der Waals surface area (Å²) in [6.07, 6.45) is 0.0610. The lowest BCUT2D eigenvalue weighted by Crippen LogP contribution is -2.59. The molecule has 13 nitrogen and oxygen atoms in total. The topological polar surface area (TPSA) is 228 Å². The summed E-state index contributed by atoms with van der Waals surface area (Å²) in [6.45, 7) is 3.57. The molecule has 0 radical (unpaired) electrons. The number of carbonyl (C=O) groups is 6. The fourth-order valence-electron chi connectivity index (χ4n) is 3.35. The third kappa shape index (κ3) is 7.80. The van der Waals surface area contributed by atoms with Gasteiger partial charge < -0.3 is 37.8 Å². The van der Waals surface area contributed by atoms with Crippen LogP contribution in [0.15, 0.2) is 0 Å². The van der Waals surface area contributed by atoms with E-state index in [1.54, 1.807) is 13.8 Å². The fraction of sp³-hybridized carbons (Fsp3) is 0.684. The van der Waals surface area contributed by atoms with Crippen molar-refractivity contribution in [2.75, 3.05) is 6.54 Å². The molecule has 0 aliphatic carbocycles. The van der Waals surface area contributed by atoms with Crippen LogP contribution in [0.4, 0.5) is 0 Å². The zero-order valence-electron chi connectivity index (χ0n) is 18.2. The Morgan fingerprint density at radius 1 is 1.03 bits per heavy atom. The Morgan fingerprint density at radius 3 is 2.16 bits per heavy atom. The van der Waals surface area contributed by atoms with Crippen LogP contribution in [0, 0.1) is 5.92 Å². The molecule has 0 aromatic carbocycles. The van der Waals surface area contributed by atoms with E-state index in [4.69, 9.17) is 17.2 Å². The number of nitrogens with one attached hydrogen (secondary N) is 2. The van der Waals surface area contributed by atoms with Crippen molar-refractivity contribution in [1.29, 1.82) is 0 Å². The van der Waals surface area contributed by atoms with Crippen molar-refractivity contribution < 1.29 is 33.9 Å². The molecule has 0 saturated carbocycles. The molecule has 0 bridgehead atoms. The number of hydrogen-bond acceptors (Lipinski definition) is 7. The van der Waals surface area contributed by atoms with Gasteiger partial charge in [0.1, 0.15) is 18.1 Å². The highest BCUT2D eigenvalue weighted by atomic mass is 16.4. The number of carboxylic acid groups (broad SMARTS) is 1. The van der Waals surface area contributed by atoms with Gasteiger partial charge in [0.05, 0.1) is 12.5 Å². The maximum absolute atomic E-state index is 13.0. The molecule has 9 N–H and O–H groups in total. The standard InChI is InChI=1S/C19H32N6O7/c1-9(2)15(18(30)25-7-3-4-12(25)19(31)32)24-17(29)11(8-14(22)27)23-16(28)10(20)5-6-13(21)26/h9-12,15H,3-8,20H2,1-2H3,(H2,21,26)(H2,22,27)(H,23,28)(H,24,29)(H,31,32). The Bertz CT molecular complexity index is 756. The van der Waals surface area contributed by atoms with Crippen molar-refractivity contribution >= 4 is 35.5 Å². The second kappa shape index (κ2) is 12.0. The van der Waals surface area contributed by atoms with E-state index in [-0.39, 0.29) is 19.4 Å². The summed E-state index contributed by atoms with van der Waals surface area (Å²) < 4.78 is 0. The lowest BCUT2D eigenvalue weighted by molar-refractivity contribution is -0.150. The largest absolute Gasteiger partial charge is 0.480 e. The van der Waals surface area contributed by atoms with Crippen molar-refractivity contribution in [3.05, 3.63) is 0 Å². The zero-order chi connectivity index (χ0) is 24.6. The molecule has 0 spiro atoms. The summed E-state index contributed by atoms with van der Waals surface area (Å²) in [5.41, 5.74) is 15.9. The van der Waals surface area contributed by atoms with Crippen molar-refractivity contribution in [3.63, 3.8) is 0 Å². The molecule has 0 aromatic rings. The molecule has 32 heavy (non-hydrogen) atoms. The Hall–Kier alpha value is -3.22. The molecule has 13 heteroatoms. The number of aliphatic carboxylic acids is 1. The van der Waals surface area contributed by atoms with Crippen LogP contribution in [-0.4, -0.2) is 76.2 Å². The van der Waals surface area contributed by atoms with E-state index in [2.05, 4.69) is 10.6 Å². The SMILES string of the molecule is CC(C)C(NC(=O)C(CC(N)=O)NC(=O)C(N)CCC(N)=O)C(=O)N1CCCC1C(=O)O. The van der Waals surface area contributed by atoms with Gasteiger partial charge in [-0.25, -0.2) is 4.79 Å². The number of likely N-dealkylation sites (tertiary alicyclic amines) is 1. The van der Waals surface area contributed by atoms with E-state index in [1.807, 2.05) is 0 Å². The quantitative estimate of drug-likeness (QED) is 0.179. The summed E-state index contributed by atoms with van der Waals surface area (Å²) in [5.74, 6) is -5.30. The summed E-state index contributed by atoms with van der Waals surface area (Å²) in [7, 11) is 0. The molecular weight excluding hydrogens is 424 g/mol. The van der Waals surface area contributed by atoms with Gasteiger partial charge in [-0.1, -0.05) is 13.8 Å². The normalized spacial score (nSPS) is 18.5. The number of nitrogens with two attached hydrogens (primary N) is 3. The number of amides is 5. The van der Waals surface area contributed by atoms with Crippen molar-refractivity contribution in [2.24, 2.45) is 23.1 Å². The van der Waals surface area contributed by atoms with Crippen LogP contribution in [0.1, 0.15) is 46.0 Å². The predicted molar refractivity (Wildman–Crippen MR) is 111 cm³/mol.